The molecule has 3 aromatic rings. The minimum Gasteiger partial charge on any atom is -0.453 e. The molecule has 0 saturated heterocycles. The second-order valence-electron chi connectivity index (χ2n) is 4.29. The number of rotatable bonds is 2. The van der Waals surface area contributed by atoms with Crippen molar-refractivity contribution in [3.8, 4) is 11.5 Å². The van der Waals surface area contributed by atoms with Gasteiger partial charge in [-0.15, -0.1) is 0 Å². The van der Waals surface area contributed by atoms with Crippen LogP contribution in [0, 0.1) is 6.92 Å². The summed E-state index contributed by atoms with van der Waals surface area (Å²) in [6, 6.07) is 11.2. The quantitative estimate of drug-likeness (QED) is 0.710. The van der Waals surface area contributed by atoms with E-state index < -0.39 is 0 Å². The summed E-state index contributed by atoms with van der Waals surface area (Å²) in [5, 5.41) is 0.889. The fourth-order valence-corrected chi connectivity index (χ4v) is 1.89. The van der Waals surface area contributed by atoms with E-state index in [1.807, 2.05) is 43.3 Å². The van der Waals surface area contributed by atoms with Crippen LogP contribution < -0.4 is 10.5 Å². The molecule has 2 N–H and O–H groups in total. The maximum absolute atomic E-state index is 5.93. The summed E-state index contributed by atoms with van der Waals surface area (Å²) in [4.78, 5) is 8.53. The number of fused-ring (bicyclic) bond motifs is 1. The number of anilines is 1. The van der Waals surface area contributed by atoms with Gasteiger partial charge in [0.2, 0.25) is 0 Å². The maximum Gasteiger partial charge on any atom is 0.153 e. The first kappa shape index (κ1) is 11.5. The topological polar surface area (TPSA) is 61.0 Å². The first-order chi connectivity index (χ1) is 9.24. The SMILES string of the molecule is Cc1ccc(Oc2ccc(N)c3cccnc23)cn1. The number of pyridine rings is 2. The van der Waals surface area contributed by atoms with Gasteiger partial charge in [0, 0.05) is 23.0 Å². The molecule has 4 heteroatoms. The minimum atomic E-state index is 0.676. The molecule has 0 saturated carbocycles. The number of benzene rings is 1. The number of aromatic nitrogens is 2. The van der Waals surface area contributed by atoms with E-state index in [0.717, 1.165) is 16.6 Å². The van der Waals surface area contributed by atoms with Crippen molar-refractivity contribution in [2.45, 2.75) is 6.92 Å². The van der Waals surface area contributed by atoms with Crippen LogP contribution in [-0.4, -0.2) is 9.97 Å². The molecule has 0 aliphatic heterocycles. The molecule has 1 aromatic carbocycles. The molecule has 0 radical (unpaired) electrons. The van der Waals surface area contributed by atoms with E-state index >= 15 is 0 Å². The van der Waals surface area contributed by atoms with Crippen LogP contribution in [0.2, 0.25) is 0 Å². The Balaban J connectivity index is 2.06. The monoisotopic (exact) mass is 251 g/mol. The molecule has 2 heterocycles. The van der Waals surface area contributed by atoms with E-state index in [9.17, 15) is 0 Å². The highest BCUT2D eigenvalue weighted by atomic mass is 16.5. The number of aryl methyl sites for hydroxylation is 1. The Labute approximate surface area is 110 Å². The van der Waals surface area contributed by atoms with Crippen LogP contribution in [0.5, 0.6) is 11.5 Å². The highest BCUT2D eigenvalue weighted by molar-refractivity contribution is 5.94. The van der Waals surface area contributed by atoms with Crippen LogP contribution in [0.15, 0.2) is 48.8 Å². The van der Waals surface area contributed by atoms with Gasteiger partial charge in [-0.25, -0.2) is 0 Å². The highest BCUT2D eigenvalue weighted by Crippen LogP contribution is 2.31. The summed E-state index contributed by atoms with van der Waals surface area (Å²) in [6.07, 6.45) is 3.42. The minimum absolute atomic E-state index is 0.676. The first-order valence-corrected chi connectivity index (χ1v) is 5.98. The van der Waals surface area contributed by atoms with Crippen molar-refractivity contribution in [2.24, 2.45) is 0 Å². The lowest BCUT2D eigenvalue weighted by Crippen LogP contribution is -1.93. The summed E-state index contributed by atoms with van der Waals surface area (Å²) in [5.74, 6) is 1.36. The third-order valence-corrected chi connectivity index (χ3v) is 2.88. The zero-order chi connectivity index (χ0) is 13.2. The normalized spacial score (nSPS) is 10.6. The lowest BCUT2D eigenvalue weighted by Gasteiger charge is -2.09. The number of hydrogen-bond acceptors (Lipinski definition) is 4. The molecule has 0 amide bonds. The average Bonchev–Trinajstić information content (AvgIpc) is 2.45. The van der Waals surface area contributed by atoms with Crippen molar-refractivity contribution in [2.75, 3.05) is 5.73 Å². The first-order valence-electron chi connectivity index (χ1n) is 5.98. The third kappa shape index (κ3) is 2.20. The van der Waals surface area contributed by atoms with Gasteiger partial charge in [0.25, 0.3) is 0 Å². The Bertz CT molecular complexity index is 723. The van der Waals surface area contributed by atoms with Gasteiger partial charge in [-0.2, -0.15) is 0 Å². The van der Waals surface area contributed by atoms with E-state index in [1.54, 1.807) is 12.4 Å². The molecule has 2 aromatic heterocycles. The largest absolute Gasteiger partial charge is 0.453 e. The van der Waals surface area contributed by atoms with E-state index in [2.05, 4.69) is 9.97 Å². The molecule has 0 atom stereocenters. The molecule has 0 spiro atoms. The Morgan fingerprint density at radius 3 is 2.74 bits per heavy atom. The van der Waals surface area contributed by atoms with Gasteiger partial charge in [0.1, 0.15) is 11.3 Å². The van der Waals surface area contributed by atoms with Gasteiger partial charge < -0.3 is 10.5 Å². The van der Waals surface area contributed by atoms with E-state index in [4.69, 9.17) is 10.5 Å². The van der Waals surface area contributed by atoms with Gasteiger partial charge in [0.15, 0.2) is 5.75 Å². The van der Waals surface area contributed by atoms with Gasteiger partial charge in [-0.3, -0.25) is 9.97 Å². The molecule has 0 bridgehead atoms. The van der Waals surface area contributed by atoms with E-state index in [0.29, 0.717) is 17.2 Å². The van der Waals surface area contributed by atoms with E-state index in [-0.39, 0.29) is 0 Å². The Kier molecular flexibility index (Phi) is 2.76. The molecule has 0 fully saturated rings. The molecule has 0 unspecified atom stereocenters. The summed E-state index contributed by atoms with van der Waals surface area (Å²) in [7, 11) is 0. The molecule has 0 aliphatic carbocycles. The molecular weight excluding hydrogens is 238 g/mol. The number of hydrogen-bond donors (Lipinski definition) is 1. The fraction of sp³-hybridized carbons (Fsp3) is 0.0667. The number of nitrogen functional groups attached to an aromatic ring is 1. The van der Waals surface area contributed by atoms with Crippen molar-refractivity contribution in [3.63, 3.8) is 0 Å². The third-order valence-electron chi connectivity index (χ3n) is 2.88. The van der Waals surface area contributed by atoms with Crippen LogP contribution in [-0.2, 0) is 0 Å². The molecule has 4 nitrogen and oxygen atoms in total. The van der Waals surface area contributed by atoms with Crippen molar-refractivity contribution in [1.29, 1.82) is 0 Å². The predicted molar refractivity (Wildman–Crippen MR) is 75.2 cm³/mol. The maximum atomic E-state index is 5.93. The van der Waals surface area contributed by atoms with Crippen LogP contribution in [0.1, 0.15) is 5.69 Å². The number of nitrogens with two attached hydrogens (primary N) is 1. The second kappa shape index (κ2) is 4.57. The average molecular weight is 251 g/mol. The van der Waals surface area contributed by atoms with Crippen molar-refractivity contribution in [1.82, 2.24) is 9.97 Å². The van der Waals surface area contributed by atoms with Crippen LogP contribution in [0.3, 0.4) is 0 Å². The van der Waals surface area contributed by atoms with Crippen molar-refractivity contribution in [3.05, 3.63) is 54.5 Å². The summed E-state index contributed by atoms with van der Waals surface area (Å²) in [5.41, 5.74) is 8.33. The predicted octanol–water partition coefficient (Wildman–Crippen LogP) is 3.31. The second-order valence-corrected chi connectivity index (χ2v) is 4.29. The molecule has 94 valence electrons. The lowest BCUT2D eigenvalue weighted by atomic mass is 10.1. The van der Waals surface area contributed by atoms with Gasteiger partial charge >= 0.3 is 0 Å². The number of nitrogens with zero attached hydrogens (tertiary/aromatic N) is 2. The number of ether oxygens (including phenoxy) is 1. The van der Waals surface area contributed by atoms with Crippen molar-refractivity contribution < 1.29 is 4.74 Å². The van der Waals surface area contributed by atoms with Crippen molar-refractivity contribution >= 4 is 16.6 Å². The van der Waals surface area contributed by atoms with Gasteiger partial charge in [0.05, 0.1) is 6.20 Å². The zero-order valence-corrected chi connectivity index (χ0v) is 10.5. The van der Waals surface area contributed by atoms with Gasteiger partial charge in [-0.05, 0) is 43.3 Å². The van der Waals surface area contributed by atoms with E-state index in [1.165, 1.54) is 0 Å². The molecular formula is C15H13N3O. The van der Waals surface area contributed by atoms with Crippen LogP contribution in [0.4, 0.5) is 5.69 Å². The van der Waals surface area contributed by atoms with Crippen LogP contribution >= 0.6 is 0 Å². The molecule has 19 heavy (non-hydrogen) atoms. The Hall–Kier alpha value is -2.62. The zero-order valence-electron chi connectivity index (χ0n) is 10.5. The standard InChI is InChI=1S/C15H13N3O/c1-10-4-5-11(9-18-10)19-14-7-6-13(16)12-3-2-8-17-15(12)14/h2-9H,16H2,1H3. The smallest absolute Gasteiger partial charge is 0.153 e. The summed E-state index contributed by atoms with van der Waals surface area (Å²) in [6.45, 7) is 1.93. The lowest BCUT2D eigenvalue weighted by molar-refractivity contribution is 0.484. The molecule has 0 aliphatic rings. The highest BCUT2D eigenvalue weighted by Gasteiger charge is 2.07. The summed E-state index contributed by atoms with van der Waals surface area (Å²) >= 11 is 0. The Morgan fingerprint density at radius 2 is 1.95 bits per heavy atom. The van der Waals surface area contributed by atoms with Crippen LogP contribution in [0.25, 0.3) is 10.9 Å². The fourth-order valence-electron chi connectivity index (χ4n) is 1.89. The van der Waals surface area contributed by atoms with Gasteiger partial charge in [-0.1, -0.05) is 0 Å². The summed E-state index contributed by atoms with van der Waals surface area (Å²) < 4.78 is 5.82. The Morgan fingerprint density at radius 1 is 1.05 bits per heavy atom. The molecule has 3 rings (SSSR count).